The number of Topliss-reactive ketones (excluding diaryl/α,β-unsaturated/α-hetero) is 2. The van der Waals surface area contributed by atoms with Crippen LogP contribution in [0.4, 0.5) is 0 Å². The largest absolute Gasteiger partial charge is 0.491 e. The molecule has 0 fully saturated rings. The van der Waals surface area contributed by atoms with Crippen molar-refractivity contribution in [1.82, 2.24) is 5.32 Å². The van der Waals surface area contributed by atoms with E-state index in [1.54, 1.807) is 12.1 Å². The van der Waals surface area contributed by atoms with Crippen LogP contribution in [0.1, 0.15) is 100 Å². The maximum Gasteiger partial charge on any atom is 0.162 e. The number of rotatable bonds is 20. The van der Waals surface area contributed by atoms with Crippen LogP contribution in [0.2, 0.25) is 0 Å². The van der Waals surface area contributed by atoms with E-state index in [-0.39, 0.29) is 29.5 Å². The van der Waals surface area contributed by atoms with E-state index in [9.17, 15) is 14.4 Å². The molecule has 0 aromatic heterocycles. The molecule has 0 spiro atoms. The normalized spacial score (nSPS) is 15.3. The lowest BCUT2D eigenvalue weighted by atomic mass is 9.84. The van der Waals surface area contributed by atoms with Gasteiger partial charge in [0.1, 0.15) is 31.0 Å². The molecular weight excluding hydrogens is 542 g/mol. The summed E-state index contributed by atoms with van der Waals surface area (Å²) in [7, 11) is 0. The minimum Gasteiger partial charge on any atom is -0.491 e. The van der Waals surface area contributed by atoms with E-state index in [0.29, 0.717) is 68.9 Å². The van der Waals surface area contributed by atoms with Gasteiger partial charge in [0, 0.05) is 43.2 Å². The Morgan fingerprint density at radius 1 is 0.953 bits per heavy atom. The van der Waals surface area contributed by atoms with Crippen LogP contribution in [-0.4, -0.2) is 50.3 Å². The van der Waals surface area contributed by atoms with E-state index < -0.39 is 0 Å². The Hall–Kier alpha value is -3.45. The summed E-state index contributed by atoms with van der Waals surface area (Å²) in [6.07, 6.45) is 8.05. The van der Waals surface area contributed by atoms with Gasteiger partial charge in [-0.15, -0.1) is 0 Å². The molecule has 43 heavy (non-hydrogen) atoms. The number of unbranched alkanes of at least 4 members (excludes halogenated alkanes) is 3. The fourth-order valence-electron chi connectivity index (χ4n) is 5.72. The molecule has 2 aromatic carbocycles. The summed E-state index contributed by atoms with van der Waals surface area (Å²) in [5.41, 5.74) is 3.97. The average molecular weight is 590 g/mol. The number of fused-ring (bicyclic) bond motifs is 1. The summed E-state index contributed by atoms with van der Waals surface area (Å²) in [6.45, 7) is 8.75. The zero-order valence-electron chi connectivity index (χ0n) is 26.0. The number of aldehydes is 1. The summed E-state index contributed by atoms with van der Waals surface area (Å²) in [4.78, 5) is 37.9. The fraction of sp³-hybridized carbons (Fsp3) is 0.528. The summed E-state index contributed by atoms with van der Waals surface area (Å²) in [6, 6.07) is 13.0. The number of allylic oxidation sites excluding steroid dienone is 1. The van der Waals surface area contributed by atoms with Gasteiger partial charge in [-0.05, 0) is 88.0 Å². The number of hydrogen-bond donors (Lipinski definition) is 1. The molecule has 2 aliphatic rings. The van der Waals surface area contributed by atoms with E-state index in [2.05, 4.69) is 12.2 Å². The van der Waals surface area contributed by atoms with Crippen LogP contribution in [0.25, 0.3) is 0 Å². The first-order valence-electron chi connectivity index (χ1n) is 16.0. The van der Waals surface area contributed by atoms with Crippen LogP contribution < -0.4 is 19.5 Å². The molecule has 0 saturated carbocycles. The van der Waals surface area contributed by atoms with Gasteiger partial charge >= 0.3 is 0 Å². The summed E-state index contributed by atoms with van der Waals surface area (Å²) in [5.74, 6) is 2.11. The molecular formula is C36H47NO6. The summed E-state index contributed by atoms with van der Waals surface area (Å²) in [5, 5.41) is 3.57. The van der Waals surface area contributed by atoms with E-state index >= 15 is 0 Å². The highest BCUT2D eigenvalue weighted by molar-refractivity contribution is 5.96. The van der Waals surface area contributed by atoms with Crippen molar-refractivity contribution in [2.45, 2.75) is 90.6 Å². The first-order chi connectivity index (χ1) is 20.9. The molecule has 7 heteroatoms. The van der Waals surface area contributed by atoms with E-state index in [1.807, 2.05) is 44.2 Å². The van der Waals surface area contributed by atoms with Gasteiger partial charge in [0.15, 0.2) is 17.3 Å². The number of carbonyl (C=O) groups is 3. The second-order valence-electron chi connectivity index (χ2n) is 11.9. The molecule has 1 N–H and O–H groups in total. The Kier molecular flexibility index (Phi) is 12.4. The molecule has 232 valence electrons. The zero-order valence-corrected chi connectivity index (χ0v) is 26.0. The third-order valence-corrected chi connectivity index (χ3v) is 8.10. The Labute approximate surface area is 256 Å². The second kappa shape index (κ2) is 16.4. The van der Waals surface area contributed by atoms with Gasteiger partial charge in [-0.3, -0.25) is 9.59 Å². The second-order valence-corrected chi connectivity index (χ2v) is 11.9. The SMILES string of the molecule is CCCCCNC[C@@H](C1=C(CC(=O)CCCCC(=O)c2ccc(OC(C)C)cc2)C1)[C@H](C=O)c1ccc2c(c1)OCCO2. The predicted octanol–water partition coefficient (Wildman–Crippen LogP) is 7.03. The third kappa shape index (κ3) is 9.78. The molecule has 0 amide bonds. The first-order valence-corrected chi connectivity index (χ1v) is 16.0. The Morgan fingerprint density at radius 2 is 1.70 bits per heavy atom. The topological polar surface area (TPSA) is 90.9 Å². The van der Waals surface area contributed by atoms with Gasteiger partial charge < -0.3 is 24.3 Å². The highest BCUT2D eigenvalue weighted by atomic mass is 16.6. The maximum absolute atomic E-state index is 12.9. The van der Waals surface area contributed by atoms with Crippen molar-refractivity contribution in [3.05, 3.63) is 64.7 Å². The quantitative estimate of drug-likeness (QED) is 0.0768. The smallest absolute Gasteiger partial charge is 0.162 e. The molecule has 2 aromatic rings. The van der Waals surface area contributed by atoms with Crippen molar-refractivity contribution in [2.24, 2.45) is 5.92 Å². The van der Waals surface area contributed by atoms with Crippen molar-refractivity contribution in [1.29, 1.82) is 0 Å². The molecule has 1 heterocycles. The Bertz CT molecular complexity index is 1270. The monoisotopic (exact) mass is 589 g/mol. The van der Waals surface area contributed by atoms with Gasteiger partial charge in [-0.2, -0.15) is 0 Å². The molecule has 1 aliphatic heterocycles. The van der Waals surface area contributed by atoms with Crippen molar-refractivity contribution in [3.8, 4) is 17.2 Å². The predicted molar refractivity (Wildman–Crippen MR) is 168 cm³/mol. The molecule has 1 aliphatic carbocycles. The number of ketones is 2. The minimum atomic E-state index is -0.325. The van der Waals surface area contributed by atoms with Crippen molar-refractivity contribution >= 4 is 17.9 Å². The molecule has 0 saturated heterocycles. The molecule has 0 radical (unpaired) electrons. The number of ether oxygens (including phenoxy) is 3. The first kappa shape index (κ1) is 32.5. The molecule has 4 rings (SSSR count). The van der Waals surface area contributed by atoms with Crippen molar-refractivity contribution in [2.75, 3.05) is 26.3 Å². The van der Waals surface area contributed by atoms with Crippen molar-refractivity contribution < 1.29 is 28.6 Å². The van der Waals surface area contributed by atoms with Crippen LogP contribution in [0.5, 0.6) is 17.2 Å². The van der Waals surface area contributed by atoms with E-state index in [4.69, 9.17) is 14.2 Å². The van der Waals surface area contributed by atoms with Crippen molar-refractivity contribution in [3.63, 3.8) is 0 Å². The standard InChI is InChI=1S/C36H47NO6/c1-4-5-8-17-37-23-32(33(24-38)27-13-16-35-36(22-27)42-19-18-41-35)31-21-28(31)20-29(39)9-6-7-10-34(40)26-11-14-30(15-12-26)43-25(2)3/h11-16,22,24-25,32-33,37H,4-10,17-21,23H2,1-3H3/t32-,33+/m0/s1. The number of nitrogens with one attached hydrogen (secondary N) is 1. The number of carbonyl (C=O) groups excluding carboxylic acids is 3. The number of benzene rings is 2. The van der Waals surface area contributed by atoms with E-state index in [1.165, 1.54) is 12.0 Å². The maximum atomic E-state index is 12.9. The van der Waals surface area contributed by atoms with Gasteiger partial charge in [0.2, 0.25) is 0 Å². The van der Waals surface area contributed by atoms with Gasteiger partial charge in [0.25, 0.3) is 0 Å². The Morgan fingerprint density at radius 3 is 2.42 bits per heavy atom. The zero-order chi connectivity index (χ0) is 30.6. The lowest BCUT2D eigenvalue weighted by Gasteiger charge is -2.24. The highest BCUT2D eigenvalue weighted by Crippen LogP contribution is 2.46. The molecule has 7 nitrogen and oxygen atoms in total. The Balaban J connectivity index is 1.30. The van der Waals surface area contributed by atoms with Crippen LogP contribution in [0.3, 0.4) is 0 Å². The van der Waals surface area contributed by atoms with Crippen LogP contribution >= 0.6 is 0 Å². The summed E-state index contributed by atoms with van der Waals surface area (Å²) >= 11 is 0. The van der Waals surface area contributed by atoms with Crippen LogP contribution in [0.15, 0.2) is 53.6 Å². The lowest BCUT2D eigenvalue weighted by molar-refractivity contribution is -0.118. The van der Waals surface area contributed by atoms with Gasteiger partial charge in [-0.1, -0.05) is 37.0 Å². The third-order valence-electron chi connectivity index (χ3n) is 8.10. The summed E-state index contributed by atoms with van der Waals surface area (Å²) < 4.78 is 17.1. The van der Waals surface area contributed by atoms with Crippen LogP contribution in [0, 0.1) is 5.92 Å². The number of hydrogen-bond acceptors (Lipinski definition) is 7. The molecule has 2 atom stereocenters. The van der Waals surface area contributed by atoms with Gasteiger partial charge in [0.05, 0.1) is 6.10 Å². The lowest BCUT2D eigenvalue weighted by Crippen LogP contribution is -2.28. The molecule has 0 bridgehead atoms. The fourth-order valence-corrected chi connectivity index (χ4v) is 5.72. The molecule has 0 unspecified atom stereocenters. The van der Waals surface area contributed by atoms with Gasteiger partial charge in [-0.25, -0.2) is 0 Å². The van der Waals surface area contributed by atoms with Crippen LogP contribution in [-0.2, 0) is 9.59 Å². The highest BCUT2D eigenvalue weighted by Gasteiger charge is 2.36. The van der Waals surface area contributed by atoms with E-state index in [0.717, 1.165) is 49.0 Å². The average Bonchev–Trinajstić information content (AvgIpc) is 3.76. The minimum absolute atomic E-state index is 0.000525.